The number of piperazine rings is 1. The number of para-hydroxylation sites is 1. The molecular formula is C27H34N4O2. The highest BCUT2D eigenvalue weighted by molar-refractivity contribution is 6.00. The van der Waals surface area contributed by atoms with E-state index >= 15 is 0 Å². The number of anilines is 1. The lowest BCUT2D eigenvalue weighted by Gasteiger charge is -2.37. The second-order valence-corrected chi connectivity index (χ2v) is 8.76. The Morgan fingerprint density at radius 1 is 0.909 bits per heavy atom. The largest absolute Gasteiger partial charge is 0.371 e. The second-order valence-electron chi connectivity index (χ2n) is 8.76. The van der Waals surface area contributed by atoms with Gasteiger partial charge >= 0.3 is 0 Å². The number of carbonyl (C=O) groups excluding carboxylic acids is 2. The monoisotopic (exact) mass is 446 g/mol. The minimum atomic E-state index is -0.0564. The van der Waals surface area contributed by atoms with Crippen molar-refractivity contribution in [1.29, 1.82) is 0 Å². The van der Waals surface area contributed by atoms with Gasteiger partial charge in [0.1, 0.15) is 0 Å². The van der Waals surface area contributed by atoms with Crippen LogP contribution in [0.15, 0.2) is 60.7 Å². The van der Waals surface area contributed by atoms with Crippen molar-refractivity contribution in [2.45, 2.75) is 25.8 Å². The van der Waals surface area contributed by atoms with Gasteiger partial charge in [0, 0.05) is 57.1 Å². The Kier molecular flexibility index (Phi) is 7.79. The van der Waals surface area contributed by atoms with Crippen LogP contribution in [-0.2, 0) is 4.79 Å². The molecule has 0 spiro atoms. The summed E-state index contributed by atoms with van der Waals surface area (Å²) in [7, 11) is 0. The number of piperidine rings is 1. The van der Waals surface area contributed by atoms with Crippen molar-refractivity contribution in [3.05, 3.63) is 71.8 Å². The molecule has 6 nitrogen and oxygen atoms in total. The van der Waals surface area contributed by atoms with Crippen molar-refractivity contribution >= 4 is 23.6 Å². The maximum Gasteiger partial charge on any atom is 0.256 e. The van der Waals surface area contributed by atoms with E-state index in [0.717, 1.165) is 75.5 Å². The van der Waals surface area contributed by atoms with Crippen LogP contribution in [0.2, 0.25) is 0 Å². The lowest BCUT2D eigenvalue weighted by atomic mass is 10.0. The van der Waals surface area contributed by atoms with Crippen LogP contribution in [0, 0.1) is 0 Å². The lowest BCUT2D eigenvalue weighted by Crippen LogP contribution is -2.49. The fourth-order valence-electron chi connectivity index (χ4n) is 4.62. The first kappa shape index (κ1) is 23.1. The minimum absolute atomic E-state index is 0.0564. The predicted molar refractivity (Wildman–Crippen MR) is 133 cm³/mol. The van der Waals surface area contributed by atoms with Crippen LogP contribution >= 0.6 is 0 Å². The van der Waals surface area contributed by atoms with Gasteiger partial charge in [0.25, 0.3) is 5.91 Å². The molecule has 174 valence electrons. The van der Waals surface area contributed by atoms with Crippen molar-refractivity contribution < 1.29 is 9.59 Å². The zero-order valence-electron chi connectivity index (χ0n) is 19.5. The number of nitrogens with one attached hydrogen (secondary N) is 1. The third kappa shape index (κ3) is 6.02. The molecule has 4 rings (SSSR count). The summed E-state index contributed by atoms with van der Waals surface area (Å²) in [6.07, 6.45) is 5.17. The fraction of sp³-hybridized carbons (Fsp3) is 0.407. The van der Waals surface area contributed by atoms with E-state index in [0.29, 0.717) is 0 Å². The summed E-state index contributed by atoms with van der Waals surface area (Å²) in [5, 5.41) is 3.13. The zero-order chi connectivity index (χ0) is 23.0. The Morgan fingerprint density at radius 2 is 1.58 bits per heavy atom. The van der Waals surface area contributed by atoms with Gasteiger partial charge in [0.15, 0.2) is 0 Å². The SMILES string of the molecule is CCN1CCN(C(=O)c2ccccc2N2CCC(NC(=O)C=Cc3ccccc3)CC2)CC1. The Bertz CT molecular complexity index is 959. The van der Waals surface area contributed by atoms with E-state index in [-0.39, 0.29) is 17.9 Å². The molecule has 2 amide bonds. The summed E-state index contributed by atoms with van der Waals surface area (Å²) in [4.78, 5) is 32.3. The summed E-state index contributed by atoms with van der Waals surface area (Å²) in [5.41, 5.74) is 2.81. The topological polar surface area (TPSA) is 55.9 Å². The average Bonchev–Trinajstić information content (AvgIpc) is 2.88. The van der Waals surface area contributed by atoms with Crippen molar-refractivity contribution in [2.75, 3.05) is 50.7 Å². The molecule has 2 fully saturated rings. The maximum atomic E-state index is 13.3. The standard InChI is InChI=1S/C27H34N4O2/c1-2-29-18-20-31(21-19-29)27(33)24-10-6-7-11-25(24)30-16-14-23(15-17-30)28-26(32)13-12-22-8-4-3-5-9-22/h3-13,23H,2,14-21H2,1H3,(H,28,32). The molecule has 2 aromatic carbocycles. The number of rotatable bonds is 6. The Hall–Kier alpha value is -3.12. The molecule has 0 bridgehead atoms. The number of carbonyl (C=O) groups is 2. The van der Waals surface area contributed by atoms with Crippen LogP contribution in [0.5, 0.6) is 0 Å². The number of amides is 2. The summed E-state index contributed by atoms with van der Waals surface area (Å²) < 4.78 is 0. The second kappa shape index (κ2) is 11.1. The molecule has 0 unspecified atom stereocenters. The van der Waals surface area contributed by atoms with E-state index in [1.807, 2.05) is 59.5 Å². The van der Waals surface area contributed by atoms with Gasteiger partial charge in [-0.25, -0.2) is 0 Å². The predicted octanol–water partition coefficient (Wildman–Crippen LogP) is 3.26. The first-order valence-electron chi connectivity index (χ1n) is 12.0. The van der Waals surface area contributed by atoms with E-state index in [4.69, 9.17) is 0 Å². The summed E-state index contributed by atoms with van der Waals surface area (Å²) in [6.45, 7) is 8.28. The van der Waals surface area contributed by atoms with Crippen LogP contribution in [0.4, 0.5) is 5.69 Å². The number of hydrogen-bond acceptors (Lipinski definition) is 4. The van der Waals surface area contributed by atoms with Crippen molar-refractivity contribution in [3.63, 3.8) is 0 Å². The Balaban J connectivity index is 1.32. The molecular weight excluding hydrogens is 412 g/mol. The molecule has 0 aromatic heterocycles. The molecule has 0 saturated carbocycles. The molecule has 33 heavy (non-hydrogen) atoms. The van der Waals surface area contributed by atoms with Crippen LogP contribution < -0.4 is 10.2 Å². The van der Waals surface area contributed by atoms with Gasteiger partial charge in [-0.1, -0.05) is 49.4 Å². The number of hydrogen-bond donors (Lipinski definition) is 1. The van der Waals surface area contributed by atoms with E-state index < -0.39 is 0 Å². The van der Waals surface area contributed by atoms with Gasteiger partial charge in [0.05, 0.1) is 5.56 Å². The van der Waals surface area contributed by atoms with Crippen molar-refractivity contribution in [1.82, 2.24) is 15.1 Å². The molecule has 0 radical (unpaired) electrons. The van der Waals surface area contributed by atoms with E-state index in [1.165, 1.54) is 0 Å². The molecule has 2 aliphatic rings. The number of benzene rings is 2. The summed E-state index contributed by atoms with van der Waals surface area (Å²) in [6, 6.07) is 17.9. The fourth-order valence-corrected chi connectivity index (χ4v) is 4.62. The highest BCUT2D eigenvalue weighted by atomic mass is 16.2. The van der Waals surface area contributed by atoms with Crippen LogP contribution in [0.25, 0.3) is 6.08 Å². The molecule has 1 N–H and O–H groups in total. The first-order chi connectivity index (χ1) is 16.1. The molecule has 6 heteroatoms. The first-order valence-corrected chi connectivity index (χ1v) is 12.0. The highest BCUT2D eigenvalue weighted by Crippen LogP contribution is 2.26. The van der Waals surface area contributed by atoms with Crippen LogP contribution in [0.3, 0.4) is 0 Å². The van der Waals surface area contributed by atoms with Crippen LogP contribution in [-0.4, -0.2) is 73.5 Å². The molecule has 0 aliphatic carbocycles. The summed E-state index contributed by atoms with van der Waals surface area (Å²) in [5.74, 6) is 0.0712. The highest BCUT2D eigenvalue weighted by Gasteiger charge is 2.27. The molecule has 2 aromatic rings. The van der Waals surface area contributed by atoms with Gasteiger partial charge in [-0.3, -0.25) is 9.59 Å². The molecule has 2 heterocycles. The number of likely N-dealkylation sites (N-methyl/N-ethyl adjacent to an activating group) is 1. The number of nitrogens with zero attached hydrogens (tertiary/aromatic N) is 3. The van der Waals surface area contributed by atoms with Crippen LogP contribution in [0.1, 0.15) is 35.7 Å². The maximum absolute atomic E-state index is 13.3. The molecule has 2 saturated heterocycles. The Morgan fingerprint density at radius 3 is 2.27 bits per heavy atom. The summed E-state index contributed by atoms with van der Waals surface area (Å²) >= 11 is 0. The molecule has 0 atom stereocenters. The minimum Gasteiger partial charge on any atom is -0.371 e. The van der Waals surface area contributed by atoms with Gasteiger partial charge in [0.2, 0.25) is 5.91 Å². The average molecular weight is 447 g/mol. The van der Waals surface area contributed by atoms with Gasteiger partial charge in [-0.05, 0) is 43.2 Å². The van der Waals surface area contributed by atoms with E-state index in [9.17, 15) is 9.59 Å². The van der Waals surface area contributed by atoms with Gasteiger partial charge < -0.3 is 20.0 Å². The third-order valence-electron chi connectivity index (χ3n) is 6.65. The van der Waals surface area contributed by atoms with E-state index in [1.54, 1.807) is 6.08 Å². The molecule has 2 aliphatic heterocycles. The Labute approximate surface area is 196 Å². The van der Waals surface area contributed by atoms with Gasteiger partial charge in [-0.2, -0.15) is 0 Å². The van der Waals surface area contributed by atoms with E-state index in [2.05, 4.69) is 28.1 Å². The zero-order valence-corrected chi connectivity index (χ0v) is 19.5. The normalized spacial score (nSPS) is 18.0. The van der Waals surface area contributed by atoms with Crippen molar-refractivity contribution in [2.24, 2.45) is 0 Å². The third-order valence-corrected chi connectivity index (χ3v) is 6.65. The van der Waals surface area contributed by atoms with Gasteiger partial charge in [-0.15, -0.1) is 0 Å². The lowest BCUT2D eigenvalue weighted by molar-refractivity contribution is -0.117. The van der Waals surface area contributed by atoms with Crippen molar-refractivity contribution in [3.8, 4) is 0 Å². The smallest absolute Gasteiger partial charge is 0.256 e. The quantitative estimate of drug-likeness (QED) is 0.692.